The van der Waals surface area contributed by atoms with Gasteiger partial charge in [0.2, 0.25) is 0 Å². The minimum Gasteiger partial charge on any atom is -0.466 e. The van der Waals surface area contributed by atoms with E-state index in [1.807, 2.05) is 6.92 Å². The van der Waals surface area contributed by atoms with Gasteiger partial charge in [-0.2, -0.15) is 0 Å². The van der Waals surface area contributed by atoms with Crippen molar-refractivity contribution in [2.45, 2.75) is 31.9 Å². The van der Waals surface area contributed by atoms with Crippen molar-refractivity contribution in [1.82, 2.24) is 4.90 Å². The summed E-state index contributed by atoms with van der Waals surface area (Å²) < 4.78 is 10.5. The number of fused-ring (bicyclic) bond motifs is 1. The fourth-order valence-electron chi connectivity index (χ4n) is 2.49. The van der Waals surface area contributed by atoms with Gasteiger partial charge in [0.1, 0.15) is 0 Å². The molecule has 2 heterocycles. The van der Waals surface area contributed by atoms with E-state index in [1.54, 1.807) is 0 Å². The highest BCUT2D eigenvalue weighted by molar-refractivity contribution is 5.80. The Morgan fingerprint density at radius 2 is 2.40 bits per heavy atom. The van der Waals surface area contributed by atoms with Gasteiger partial charge in [-0.25, -0.2) is 0 Å². The molecule has 3 aliphatic rings. The second kappa shape index (κ2) is 3.19. The summed E-state index contributed by atoms with van der Waals surface area (Å²) in [6.07, 6.45) is 2.46. The third-order valence-corrected chi connectivity index (χ3v) is 3.86. The van der Waals surface area contributed by atoms with Crippen LogP contribution in [0.5, 0.6) is 0 Å². The Morgan fingerprint density at radius 1 is 1.60 bits per heavy atom. The fraction of sp³-hybridized carbons (Fsp3) is 0.909. The first-order chi connectivity index (χ1) is 7.25. The van der Waals surface area contributed by atoms with E-state index in [0.717, 1.165) is 32.5 Å². The molecule has 1 aliphatic carbocycles. The molecule has 0 amide bonds. The topological polar surface area (TPSA) is 38.8 Å². The van der Waals surface area contributed by atoms with Gasteiger partial charge in [0.25, 0.3) is 0 Å². The first-order valence-corrected chi connectivity index (χ1v) is 5.78. The maximum absolute atomic E-state index is 11.7. The maximum atomic E-state index is 11.7. The number of esters is 1. The van der Waals surface area contributed by atoms with E-state index in [0.29, 0.717) is 18.8 Å². The van der Waals surface area contributed by atoms with Crippen molar-refractivity contribution in [3.8, 4) is 0 Å². The van der Waals surface area contributed by atoms with Gasteiger partial charge in [-0.3, -0.25) is 9.69 Å². The van der Waals surface area contributed by atoms with Crippen LogP contribution in [0.2, 0.25) is 0 Å². The standard InChI is InChI=1S/C11H17NO3/c1-2-14-10(13)11(3-4-11)7-12-5-9-8(12)6-15-9/h8-9H,2-7H2,1H3/t8-,9?/m1/s1. The van der Waals surface area contributed by atoms with Gasteiger partial charge in [-0.05, 0) is 19.8 Å². The molecule has 0 aromatic heterocycles. The molecule has 0 radical (unpaired) electrons. The molecule has 3 fully saturated rings. The van der Waals surface area contributed by atoms with Crippen LogP contribution in [0.15, 0.2) is 0 Å². The molecule has 1 unspecified atom stereocenters. The molecule has 0 N–H and O–H groups in total. The second-order valence-corrected chi connectivity index (χ2v) is 4.87. The zero-order chi connectivity index (χ0) is 10.5. The van der Waals surface area contributed by atoms with E-state index < -0.39 is 0 Å². The number of hydrogen-bond acceptors (Lipinski definition) is 4. The quantitative estimate of drug-likeness (QED) is 0.631. The van der Waals surface area contributed by atoms with Crippen molar-refractivity contribution in [1.29, 1.82) is 0 Å². The summed E-state index contributed by atoms with van der Waals surface area (Å²) in [6.45, 7) is 5.11. The first-order valence-electron chi connectivity index (χ1n) is 5.78. The lowest BCUT2D eigenvalue weighted by atomic mass is 9.92. The van der Waals surface area contributed by atoms with Crippen LogP contribution in [0.1, 0.15) is 19.8 Å². The Hall–Kier alpha value is -0.610. The predicted octanol–water partition coefficient (Wildman–Crippen LogP) is 0.413. The average molecular weight is 211 g/mol. The predicted molar refractivity (Wildman–Crippen MR) is 53.4 cm³/mol. The third kappa shape index (κ3) is 1.39. The smallest absolute Gasteiger partial charge is 0.313 e. The maximum Gasteiger partial charge on any atom is 0.313 e. The summed E-state index contributed by atoms with van der Waals surface area (Å²) in [7, 11) is 0. The van der Waals surface area contributed by atoms with Gasteiger partial charge in [-0.15, -0.1) is 0 Å². The van der Waals surface area contributed by atoms with Crippen LogP contribution in [-0.4, -0.2) is 49.3 Å². The monoisotopic (exact) mass is 211 g/mol. The van der Waals surface area contributed by atoms with Crippen molar-refractivity contribution in [3.63, 3.8) is 0 Å². The van der Waals surface area contributed by atoms with Crippen LogP contribution in [0.4, 0.5) is 0 Å². The van der Waals surface area contributed by atoms with Gasteiger partial charge < -0.3 is 9.47 Å². The molecular formula is C11H17NO3. The lowest BCUT2D eigenvalue weighted by Gasteiger charge is -2.55. The van der Waals surface area contributed by atoms with Gasteiger partial charge >= 0.3 is 5.97 Å². The fourth-order valence-corrected chi connectivity index (χ4v) is 2.49. The summed E-state index contributed by atoms with van der Waals surface area (Å²) in [5.74, 6) is 0.00805. The molecule has 4 nitrogen and oxygen atoms in total. The van der Waals surface area contributed by atoms with Gasteiger partial charge in [-0.1, -0.05) is 0 Å². The number of carbonyl (C=O) groups is 1. The molecule has 84 valence electrons. The minimum atomic E-state index is -0.156. The van der Waals surface area contributed by atoms with Crippen molar-refractivity contribution < 1.29 is 14.3 Å². The third-order valence-electron chi connectivity index (χ3n) is 3.86. The average Bonchev–Trinajstić information content (AvgIpc) is 2.94. The lowest BCUT2D eigenvalue weighted by molar-refractivity contribution is -0.219. The molecule has 0 aromatic carbocycles. The van der Waals surface area contributed by atoms with E-state index in [9.17, 15) is 4.79 Å². The Balaban J connectivity index is 1.55. The van der Waals surface area contributed by atoms with Crippen molar-refractivity contribution in [2.24, 2.45) is 5.41 Å². The van der Waals surface area contributed by atoms with Crippen LogP contribution in [0.3, 0.4) is 0 Å². The van der Waals surface area contributed by atoms with Crippen molar-refractivity contribution in [2.75, 3.05) is 26.3 Å². The van der Waals surface area contributed by atoms with Crippen LogP contribution < -0.4 is 0 Å². The number of nitrogens with zero attached hydrogens (tertiary/aromatic N) is 1. The number of rotatable bonds is 4. The van der Waals surface area contributed by atoms with Crippen LogP contribution in [0, 0.1) is 5.41 Å². The molecule has 2 aliphatic heterocycles. The largest absolute Gasteiger partial charge is 0.466 e. The number of carbonyl (C=O) groups excluding carboxylic acids is 1. The molecule has 2 atom stereocenters. The lowest BCUT2D eigenvalue weighted by Crippen LogP contribution is -2.71. The number of likely N-dealkylation sites (tertiary alicyclic amines) is 1. The summed E-state index contributed by atoms with van der Waals surface area (Å²) >= 11 is 0. The van der Waals surface area contributed by atoms with Crippen molar-refractivity contribution in [3.05, 3.63) is 0 Å². The number of ether oxygens (including phenoxy) is 2. The number of morpholine rings is 1. The zero-order valence-corrected chi connectivity index (χ0v) is 9.07. The van der Waals surface area contributed by atoms with Crippen LogP contribution in [-0.2, 0) is 14.3 Å². The van der Waals surface area contributed by atoms with Gasteiger partial charge in [0, 0.05) is 13.1 Å². The SMILES string of the molecule is CCOC(=O)C1(CN2CC3OC[C@H]32)CC1. The highest BCUT2D eigenvalue weighted by Crippen LogP contribution is 2.49. The van der Waals surface area contributed by atoms with Gasteiger partial charge in [0.15, 0.2) is 0 Å². The van der Waals surface area contributed by atoms with E-state index in [-0.39, 0.29) is 11.4 Å². The highest BCUT2D eigenvalue weighted by Gasteiger charge is 2.57. The van der Waals surface area contributed by atoms with E-state index >= 15 is 0 Å². The first kappa shape index (κ1) is 9.60. The zero-order valence-electron chi connectivity index (χ0n) is 9.07. The summed E-state index contributed by atoms with van der Waals surface area (Å²) in [4.78, 5) is 14.1. The van der Waals surface area contributed by atoms with Gasteiger partial charge in [0.05, 0.1) is 30.8 Å². The van der Waals surface area contributed by atoms with E-state index in [2.05, 4.69) is 4.90 Å². The molecule has 1 saturated carbocycles. The Kier molecular flexibility index (Phi) is 2.04. The van der Waals surface area contributed by atoms with E-state index in [1.165, 1.54) is 0 Å². The number of hydrogen-bond donors (Lipinski definition) is 0. The molecule has 2 saturated heterocycles. The second-order valence-electron chi connectivity index (χ2n) is 4.87. The molecule has 0 bridgehead atoms. The normalized spacial score (nSPS) is 36.1. The Labute approximate surface area is 89.5 Å². The molecular weight excluding hydrogens is 194 g/mol. The van der Waals surface area contributed by atoms with E-state index in [4.69, 9.17) is 9.47 Å². The van der Waals surface area contributed by atoms with Crippen LogP contribution >= 0.6 is 0 Å². The minimum absolute atomic E-state index is 0.00805. The molecule has 0 aromatic rings. The Morgan fingerprint density at radius 3 is 2.80 bits per heavy atom. The molecule has 3 rings (SSSR count). The Bertz CT molecular complexity index is 288. The summed E-state index contributed by atoms with van der Waals surface area (Å²) in [6, 6.07) is 0.594. The molecule has 0 spiro atoms. The van der Waals surface area contributed by atoms with Crippen molar-refractivity contribution >= 4 is 5.97 Å². The summed E-state index contributed by atoms with van der Waals surface area (Å²) in [5, 5.41) is 0. The molecule has 4 heteroatoms. The summed E-state index contributed by atoms with van der Waals surface area (Å²) in [5.41, 5.74) is -0.156. The highest BCUT2D eigenvalue weighted by atomic mass is 16.5. The van der Waals surface area contributed by atoms with Crippen LogP contribution in [0.25, 0.3) is 0 Å². The molecule has 15 heavy (non-hydrogen) atoms.